The van der Waals surface area contributed by atoms with Crippen molar-refractivity contribution < 1.29 is 9.53 Å². The summed E-state index contributed by atoms with van der Waals surface area (Å²) in [6.07, 6.45) is 3.81. The van der Waals surface area contributed by atoms with Gasteiger partial charge in [0, 0.05) is 11.8 Å². The van der Waals surface area contributed by atoms with E-state index in [0.717, 1.165) is 24.1 Å². The smallest absolute Gasteiger partial charge is 0.201 e. The number of hydrogen-bond acceptors (Lipinski definition) is 3. The largest absolute Gasteiger partial charge is 0.508 e. The molecule has 0 aromatic carbocycles. The fraction of sp³-hybridized carbons (Fsp3) is 0.737. The van der Waals surface area contributed by atoms with Crippen LogP contribution in [0.25, 0.3) is 0 Å². The SMILES string of the molecule is CC(C)[Si](O[C@@H]1CC[C@@H](C)c2c(O)ccnc21)(C(C)C)C(C)C. The maximum atomic E-state index is 10.3. The molecule has 0 saturated heterocycles. The highest BCUT2D eigenvalue weighted by Gasteiger charge is 2.47. The Hall–Kier alpha value is -0.873. The van der Waals surface area contributed by atoms with Crippen LogP contribution in [-0.4, -0.2) is 18.4 Å². The van der Waals surface area contributed by atoms with Crippen LogP contribution in [0.3, 0.4) is 0 Å². The number of fused-ring (bicyclic) bond motifs is 1. The van der Waals surface area contributed by atoms with E-state index >= 15 is 0 Å². The molecule has 130 valence electrons. The molecular weight excluding hydrogens is 302 g/mol. The molecule has 0 bridgehead atoms. The van der Waals surface area contributed by atoms with E-state index in [1.165, 1.54) is 0 Å². The molecule has 1 N–H and O–H groups in total. The molecule has 1 heterocycles. The quantitative estimate of drug-likeness (QED) is 0.679. The second-order valence-electron chi connectivity index (χ2n) is 8.03. The van der Waals surface area contributed by atoms with E-state index in [1.54, 1.807) is 12.3 Å². The fourth-order valence-electron chi connectivity index (χ4n) is 4.69. The van der Waals surface area contributed by atoms with Crippen molar-refractivity contribution in [3.05, 3.63) is 23.5 Å². The first-order chi connectivity index (χ1) is 10.7. The summed E-state index contributed by atoms with van der Waals surface area (Å²) in [5.41, 5.74) is 3.65. The van der Waals surface area contributed by atoms with Crippen LogP contribution in [0.15, 0.2) is 12.3 Å². The van der Waals surface area contributed by atoms with Gasteiger partial charge in [-0.25, -0.2) is 0 Å². The topological polar surface area (TPSA) is 42.4 Å². The third kappa shape index (κ3) is 3.20. The summed E-state index contributed by atoms with van der Waals surface area (Å²) in [6.45, 7) is 16.1. The first-order valence-electron chi connectivity index (χ1n) is 9.07. The highest BCUT2D eigenvalue weighted by Crippen LogP contribution is 2.49. The van der Waals surface area contributed by atoms with E-state index in [0.29, 0.717) is 28.3 Å². The van der Waals surface area contributed by atoms with E-state index in [9.17, 15) is 5.11 Å². The summed E-state index contributed by atoms with van der Waals surface area (Å²) in [4.78, 5) is 4.61. The van der Waals surface area contributed by atoms with Crippen molar-refractivity contribution in [3.8, 4) is 5.75 Å². The van der Waals surface area contributed by atoms with Crippen LogP contribution >= 0.6 is 0 Å². The van der Waals surface area contributed by atoms with E-state index in [4.69, 9.17) is 4.43 Å². The zero-order valence-electron chi connectivity index (χ0n) is 15.8. The number of rotatable bonds is 5. The highest BCUT2D eigenvalue weighted by molar-refractivity contribution is 6.77. The monoisotopic (exact) mass is 335 g/mol. The Bertz CT molecular complexity index is 520. The van der Waals surface area contributed by atoms with Gasteiger partial charge in [-0.1, -0.05) is 48.5 Å². The van der Waals surface area contributed by atoms with Crippen LogP contribution in [0.4, 0.5) is 0 Å². The summed E-state index contributed by atoms with van der Waals surface area (Å²) >= 11 is 0. The second kappa shape index (κ2) is 6.94. The highest BCUT2D eigenvalue weighted by atomic mass is 28.4. The molecule has 0 unspecified atom stereocenters. The van der Waals surface area contributed by atoms with Crippen LogP contribution in [-0.2, 0) is 4.43 Å². The molecule has 2 rings (SSSR count). The van der Waals surface area contributed by atoms with Gasteiger partial charge >= 0.3 is 0 Å². The molecule has 0 radical (unpaired) electrons. The van der Waals surface area contributed by atoms with E-state index < -0.39 is 8.32 Å². The molecule has 1 aliphatic carbocycles. The minimum absolute atomic E-state index is 0.0344. The number of aromatic hydroxyl groups is 1. The van der Waals surface area contributed by atoms with Crippen LogP contribution in [0, 0.1) is 0 Å². The van der Waals surface area contributed by atoms with Crippen LogP contribution in [0.5, 0.6) is 5.75 Å². The Balaban J connectivity index is 2.44. The van der Waals surface area contributed by atoms with Crippen molar-refractivity contribution in [2.24, 2.45) is 0 Å². The third-order valence-corrected chi connectivity index (χ3v) is 11.8. The summed E-state index contributed by atoms with van der Waals surface area (Å²) in [7, 11) is -1.94. The van der Waals surface area contributed by atoms with Crippen LogP contribution < -0.4 is 0 Å². The van der Waals surface area contributed by atoms with Gasteiger partial charge in [0.2, 0.25) is 8.32 Å². The van der Waals surface area contributed by atoms with E-state index in [1.807, 2.05) is 0 Å². The zero-order valence-corrected chi connectivity index (χ0v) is 16.8. The Kier molecular flexibility index (Phi) is 5.57. The van der Waals surface area contributed by atoms with Gasteiger partial charge < -0.3 is 9.53 Å². The third-order valence-electron chi connectivity index (χ3n) is 5.71. The van der Waals surface area contributed by atoms with Crippen LogP contribution in [0.2, 0.25) is 16.6 Å². The molecule has 23 heavy (non-hydrogen) atoms. The lowest BCUT2D eigenvalue weighted by Crippen LogP contribution is -2.49. The minimum Gasteiger partial charge on any atom is -0.508 e. The number of hydrogen-bond donors (Lipinski definition) is 1. The number of pyridine rings is 1. The van der Waals surface area contributed by atoms with Crippen molar-refractivity contribution in [2.45, 2.75) is 90.0 Å². The fourth-order valence-corrected chi connectivity index (χ4v) is 10.2. The van der Waals surface area contributed by atoms with Gasteiger partial charge in [0.15, 0.2) is 0 Å². The number of aromatic nitrogens is 1. The lowest BCUT2D eigenvalue weighted by molar-refractivity contribution is 0.146. The van der Waals surface area contributed by atoms with Crippen molar-refractivity contribution in [1.82, 2.24) is 4.98 Å². The lowest BCUT2D eigenvalue weighted by Gasteiger charge is -2.45. The van der Waals surface area contributed by atoms with Gasteiger partial charge in [-0.2, -0.15) is 0 Å². The van der Waals surface area contributed by atoms with Gasteiger partial charge in [0.1, 0.15) is 5.75 Å². The van der Waals surface area contributed by atoms with Gasteiger partial charge in [-0.05, 0) is 41.4 Å². The molecule has 1 aliphatic rings. The Labute approximate surface area is 142 Å². The van der Waals surface area contributed by atoms with Crippen LogP contribution in [0.1, 0.15) is 84.6 Å². The summed E-state index contributed by atoms with van der Waals surface area (Å²) < 4.78 is 6.96. The maximum absolute atomic E-state index is 10.3. The summed E-state index contributed by atoms with van der Waals surface area (Å²) in [5, 5.41) is 10.3. The molecule has 2 atom stereocenters. The zero-order chi connectivity index (χ0) is 17.4. The van der Waals surface area contributed by atoms with E-state index in [2.05, 4.69) is 53.5 Å². The molecule has 3 nitrogen and oxygen atoms in total. The molecular formula is C19H33NO2Si. The molecule has 4 heteroatoms. The van der Waals surface area contributed by atoms with Crippen molar-refractivity contribution >= 4 is 8.32 Å². The van der Waals surface area contributed by atoms with Gasteiger partial charge in [0.05, 0.1) is 11.8 Å². The predicted octanol–water partition coefficient (Wildman–Crippen LogP) is 5.92. The normalized spacial score (nSPS) is 22.0. The average molecular weight is 336 g/mol. The molecule has 0 spiro atoms. The molecule has 0 amide bonds. The van der Waals surface area contributed by atoms with Gasteiger partial charge in [-0.15, -0.1) is 0 Å². The van der Waals surface area contributed by atoms with Crippen molar-refractivity contribution in [2.75, 3.05) is 0 Å². The summed E-state index contributed by atoms with van der Waals surface area (Å²) in [6, 6.07) is 1.70. The van der Waals surface area contributed by atoms with Gasteiger partial charge in [0.25, 0.3) is 0 Å². The van der Waals surface area contributed by atoms with E-state index in [-0.39, 0.29) is 6.10 Å². The average Bonchev–Trinajstić information content (AvgIpc) is 2.45. The predicted molar refractivity (Wildman–Crippen MR) is 98.4 cm³/mol. The Morgan fingerprint density at radius 3 is 2.17 bits per heavy atom. The lowest BCUT2D eigenvalue weighted by atomic mass is 9.85. The molecule has 1 aromatic rings. The van der Waals surface area contributed by atoms with Crippen molar-refractivity contribution in [3.63, 3.8) is 0 Å². The molecule has 0 aliphatic heterocycles. The second-order valence-corrected chi connectivity index (χ2v) is 13.4. The minimum atomic E-state index is -1.94. The molecule has 0 fully saturated rings. The maximum Gasteiger partial charge on any atom is 0.201 e. The Morgan fingerprint density at radius 1 is 1.09 bits per heavy atom. The molecule has 1 aromatic heterocycles. The Morgan fingerprint density at radius 2 is 1.65 bits per heavy atom. The first kappa shape index (κ1) is 18.5. The number of nitrogens with zero attached hydrogens (tertiary/aromatic N) is 1. The van der Waals surface area contributed by atoms with Crippen molar-refractivity contribution in [1.29, 1.82) is 0 Å². The summed E-state index contributed by atoms with van der Waals surface area (Å²) in [5.74, 6) is 0.730. The standard InChI is InChI=1S/C19H33NO2Si/c1-12(2)23(13(3)4,14(5)6)22-17-9-8-15(7)18-16(21)10-11-20-19(17)18/h10-15,17H,8-9H2,1-7H3,(H,20,21)/t15-,17-/m1/s1. The first-order valence-corrected chi connectivity index (χ1v) is 11.2. The van der Waals surface area contributed by atoms with Gasteiger partial charge in [-0.3, -0.25) is 4.98 Å². The molecule has 0 saturated carbocycles.